The number of amides is 2. The molecule has 0 spiro atoms. The summed E-state index contributed by atoms with van der Waals surface area (Å²) >= 11 is 0. The number of carbonyl (C=O) groups is 2. The molecule has 1 aliphatic carbocycles. The average molecular weight is 426 g/mol. The van der Waals surface area contributed by atoms with Crippen molar-refractivity contribution in [3.8, 4) is 0 Å². The number of aromatic nitrogens is 2. The van der Waals surface area contributed by atoms with Gasteiger partial charge in [-0.2, -0.15) is 0 Å². The van der Waals surface area contributed by atoms with Gasteiger partial charge in [0.05, 0.1) is 35.4 Å². The minimum atomic E-state index is -0.772. The van der Waals surface area contributed by atoms with Crippen LogP contribution in [0.4, 0.5) is 21.9 Å². The van der Waals surface area contributed by atoms with Crippen LogP contribution in [0.2, 0.25) is 0 Å². The maximum Gasteiger partial charge on any atom is 0.323 e. The van der Waals surface area contributed by atoms with E-state index >= 15 is 0 Å². The number of carboxylic acid groups (broad SMARTS) is 1. The van der Waals surface area contributed by atoms with Crippen LogP contribution in [0.25, 0.3) is 0 Å². The van der Waals surface area contributed by atoms with E-state index in [1.54, 1.807) is 0 Å². The normalized spacial score (nSPS) is 17.5. The first-order chi connectivity index (χ1) is 14.7. The van der Waals surface area contributed by atoms with Crippen LogP contribution in [0, 0.1) is 17.8 Å². The summed E-state index contributed by atoms with van der Waals surface area (Å²) in [4.78, 5) is 34.1. The Labute approximate surface area is 183 Å². The lowest BCUT2D eigenvalue weighted by molar-refractivity contribution is -0.138. The predicted molar refractivity (Wildman–Crippen MR) is 121 cm³/mol. The third kappa shape index (κ3) is 6.16. The van der Waals surface area contributed by atoms with Crippen molar-refractivity contribution in [3.63, 3.8) is 0 Å². The molecule has 8 heteroatoms. The van der Waals surface area contributed by atoms with Gasteiger partial charge in [-0.05, 0) is 41.9 Å². The first kappa shape index (κ1) is 22.5. The molecule has 3 N–H and O–H groups in total. The zero-order chi connectivity index (χ0) is 22.5. The Bertz CT molecular complexity index is 907. The second kappa shape index (κ2) is 9.76. The van der Waals surface area contributed by atoms with E-state index in [2.05, 4.69) is 53.2 Å². The highest BCUT2D eigenvalue weighted by molar-refractivity contribution is 6.01. The summed E-state index contributed by atoms with van der Waals surface area (Å²) in [6, 6.07) is 5.51. The van der Waals surface area contributed by atoms with Crippen molar-refractivity contribution in [3.05, 3.63) is 42.5 Å². The van der Waals surface area contributed by atoms with Gasteiger partial charge in [0.2, 0.25) is 0 Å². The lowest BCUT2D eigenvalue weighted by Gasteiger charge is -2.30. The summed E-state index contributed by atoms with van der Waals surface area (Å²) in [6.07, 6.45) is 5.07. The van der Waals surface area contributed by atoms with E-state index in [1.165, 1.54) is 18.7 Å². The average Bonchev–Trinajstić information content (AvgIpc) is 3.48. The van der Waals surface area contributed by atoms with Crippen molar-refractivity contribution in [2.24, 2.45) is 17.8 Å². The van der Waals surface area contributed by atoms with Crippen LogP contribution in [-0.2, 0) is 4.79 Å². The Kier molecular flexibility index (Phi) is 7.09. The zero-order valence-electron chi connectivity index (χ0n) is 18.5. The summed E-state index contributed by atoms with van der Waals surface area (Å²) < 4.78 is 0. The van der Waals surface area contributed by atoms with E-state index in [-0.39, 0.29) is 11.8 Å². The molecule has 2 atom stereocenters. The van der Waals surface area contributed by atoms with Crippen molar-refractivity contribution in [2.45, 2.75) is 40.0 Å². The maximum atomic E-state index is 12.7. The standard InChI is InChI=1S/C23H31N5O3/c1-14(2)11-28(12-15(3)4)21-6-5-16(18-8-19(18)22(29)30)7-20(21)27-23(31)26-17-9-24-13-25-10-17/h5-7,9-10,13-15,18-19H,8,11-12H2,1-4H3,(H,29,30)(H2,26,27,31)/t18-,19-/m1/s1. The van der Waals surface area contributed by atoms with E-state index < -0.39 is 12.0 Å². The molecule has 0 unspecified atom stereocenters. The smallest absolute Gasteiger partial charge is 0.323 e. The number of nitrogens with zero attached hydrogens (tertiary/aromatic N) is 3. The molecule has 0 aliphatic heterocycles. The summed E-state index contributed by atoms with van der Waals surface area (Å²) in [5.74, 6) is -0.243. The first-order valence-corrected chi connectivity index (χ1v) is 10.7. The highest BCUT2D eigenvalue weighted by Crippen LogP contribution is 2.49. The molecule has 1 aromatic carbocycles. The van der Waals surface area contributed by atoms with Crippen LogP contribution in [0.1, 0.15) is 45.6 Å². The van der Waals surface area contributed by atoms with Gasteiger partial charge in [0.15, 0.2) is 0 Å². The van der Waals surface area contributed by atoms with Crippen LogP contribution in [0.3, 0.4) is 0 Å². The summed E-state index contributed by atoms with van der Waals surface area (Å²) in [7, 11) is 0. The Balaban J connectivity index is 1.89. The molecule has 1 aromatic heterocycles. The topological polar surface area (TPSA) is 107 Å². The van der Waals surface area contributed by atoms with Crippen LogP contribution in [-0.4, -0.2) is 40.2 Å². The molecule has 1 heterocycles. The van der Waals surface area contributed by atoms with Gasteiger partial charge in [-0.25, -0.2) is 14.8 Å². The van der Waals surface area contributed by atoms with Gasteiger partial charge >= 0.3 is 12.0 Å². The fourth-order valence-electron chi connectivity index (χ4n) is 3.80. The molecule has 2 amide bonds. The fourth-order valence-corrected chi connectivity index (χ4v) is 3.80. The van der Waals surface area contributed by atoms with Crippen LogP contribution < -0.4 is 15.5 Å². The number of carboxylic acids is 1. The maximum absolute atomic E-state index is 12.7. The number of hydrogen-bond donors (Lipinski definition) is 3. The van der Waals surface area contributed by atoms with Gasteiger partial charge < -0.3 is 20.6 Å². The van der Waals surface area contributed by atoms with Crippen molar-refractivity contribution in [1.29, 1.82) is 0 Å². The molecule has 166 valence electrons. The number of benzene rings is 1. The van der Waals surface area contributed by atoms with Crippen molar-refractivity contribution >= 4 is 29.1 Å². The molecule has 1 saturated carbocycles. The highest BCUT2D eigenvalue weighted by Gasteiger charge is 2.44. The zero-order valence-corrected chi connectivity index (χ0v) is 18.5. The molecule has 31 heavy (non-hydrogen) atoms. The minimum absolute atomic E-state index is 0.0127. The van der Waals surface area contributed by atoms with Crippen LogP contribution in [0.15, 0.2) is 36.9 Å². The molecule has 0 bridgehead atoms. The van der Waals surface area contributed by atoms with E-state index in [9.17, 15) is 14.7 Å². The fraction of sp³-hybridized carbons (Fsp3) is 0.478. The van der Waals surface area contributed by atoms with Gasteiger partial charge in [-0.15, -0.1) is 0 Å². The summed E-state index contributed by atoms with van der Waals surface area (Å²) in [5.41, 5.74) is 3.03. The second-order valence-electron chi connectivity index (χ2n) is 8.96. The van der Waals surface area contributed by atoms with Crippen molar-refractivity contribution in [1.82, 2.24) is 9.97 Å². The van der Waals surface area contributed by atoms with Gasteiger partial charge in [0.25, 0.3) is 0 Å². The molecular weight excluding hydrogens is 394 g/mol. The first-order valence-electron chi connectivity index (χ1n) is 10.7. The Morgan fingerprint density at radius 2 is 1.74 bits per heavy atom. The van der Waals surface area contributed by atoms with E-state index in [4.69, 9.17) is 0 Å². The molecule has 2 aromatic rings. The number of nitrogens with one attached hydrogen (secondary N) is 2. The number of aliphatic carboxylic acids is 1. The van der Waals surface area contributed by atoms with Gasteiger partial charge in [-0.1, -0.05) is 33.8 Å². The molecular formula is C23H31N5O3. The van der Waals surface area contributed by atoms with Crippen LogP contribution in [0.5, 0.6) is 0 Å². The number of anilines is 3. The molecule has 8 nitrogen and oxygen atoms in total. The second-order valence-corrected chi connectivity index (χ2v) is 8.96. The number of rotatable bonds is 9. The number of carbonyl (C=O) groups excluding carboxylic acids is 1. The van der Waals surface area contributed by atoms with E-state index in [0.717, 1.165) is 24.3 Å². The monoisotopic (exact) mass is 425 g/mol. The molecule has 0 radical (unpaired) electrons. The largest absolute Gasteiger partial charge is 0.481 e. The van der Waals surface area contributed by atoms with Gasteiger partial charge in [-0.3, -0.25) is 4.79 Å². The van der Waals surface area contributed by atoms with E-state index in [0.29, 0.717) is 29.6 Å². The molecule has 1 fully saturated rings. The summed E-state index contributed by atoms with van der Waals surface area (Å²) in [6.45, 7) is 10.4. The predicted octanol–water partition coefficient (Wildman–Crippen LogP) is 4.43. The van der Waals surface area contributed by atoms with Crippen molar-refractivity contribution < 1.29 is 14.7 Å². The SMILES string of the molecule is CC(C)CN(CC(C)C)c1ccc([C@H]2C[C@H]2C(=O)O)cc1NC(=O)Nc1cncnc1. The molecule has 3 rings (SSSR count). The van der Waals surface area contributed by atoms with E-state index in [1.807, 2.05) is 18.2 Å². The Hall–Kier alpha value is -3.16. The highest BCUT2D eigenvalue weighted by atomic mass is 16.4. The third-order valence-corrected chi connectivity index (χ3v) is 5.13. The molecule has 0 saturated heterocycles. The van der Waals surface area contributed by atoms with Crippen molar-refractivity contribution in [2.75, 3.05) is 28.6 Å². The third-order valence-electron chi connectivity index (χ3n) is 5.13. The quantitative estimate of drug-likeness (QED) is 0.549. The van der Waals surface area contributed by atoms with Gasteiger partial charge in [0, 0.05) is 13.1 Å². The minimum Gasteiger partial charge on any atom is -0.481 e. The number of urea groups is 1. The van der Waals surface area contributed by atoms with Gasteiger partial charge in [0.1, 0.15) is 6.33 Å². The Morgan fingerprint density at radius 3 is 2.29 bits per heavy atom. The molecule has 1 aliphatic rings. The summed E-state index contributed by atoms with van der Waals surface area (Å²) in [5, 5.41) is 15.0. The Morgan fingerprint density at radius 1 is 1.10 bits per heavy atom. The number of hydrogen-bond acceptors (Lipinski definition) is 5. The lowest BCUT2D eigenvalue weighted by Crippen LogP contribution is -2.32. The lowest BCUT2D eigenvalue weighted by atomic mass is 10.0. The van der Waals surface area contributed by atoms with Crippen LogP contribution >= 0.6 is 0 Å².